The summed E-state index contributed by atoms with van der Waals surface area (Å²) in [4.78, 5) is 2.61. The highest BCUT2D eigenvalue weighted by atomic mass is 16.5. The first-order chi connectivity index (χ1) is 9.33. The highest BCUT2D eigenvalue weighted by molar-refractivity contribution is 5.20. The van der Waals surface area contributed by atoms with Gasteiger partial charge in [-0.25, -0.2) is 0 Å². The zero-order chi connectivity index (χ0) is 13.1. The average molecular weight is 260 g/mol. The zero-order valence-corrected chi connectivity index (χ0v) is 11.8. The number of methoxy groups -OCH3 is 1. The van der Waals surface area contributed by atoms with Gasteiger partial charge in [0.15, 0.2) is 0 Å². The third-order valence-electron chi connectivity index (χ3n) is 4.73. The van der Waals surface area contributed by atoms with Gasteiger partial charge in [0.2, 0.25) is 0 Å². The molecule has 0 aromatic heterocycles. The Labute approximate surface area is 115 Å². The minimum atomic E-state index is 0.129. The fourth-order valence-corrected chi connectivity index (χ4v) is 3.31. The van der Waals surface area contributed by atoms with E-state index in [-0.39, 0.29) is 5.60 Å². The van der Waals surface area contributed by atoms with Crippen LogP contribution in [0.5, 0.6) is 0 Å². The predicted octanol–water partition coefficient (Wildman–Crippen LogP) is 2.20. The number of hydrogen-bond acceptors (Lipinski definition) is 3. The molecule has 104 valence electrons. The van der Waals surface area contributed by atoms with E-state index in [2.05, 4.69) is 40.5 Å². The largest absolute Gasteiger partial charge is 0.377 e. The van der Waals surface area contributed by atoms with Crippen molar-refractivity contribution in [3.8, 4) is 0 Å². The van der Waals surface area contributed by atoms with Crippen molar-refractivity contribution in [1.29, 1.82) is 0 Å². The van der Waals surface area contributed by atoms with E-state index in [1.165, 1.54) is 24.8 Å². The molecule has 0 amide bonds. The van der Waals surface area contributed by atoms with E-state index in [0.29, 0.717) is 6.04 Å². The minimum absolute atomic E-state index is 0.129. The van der Waals surface area contributed by atoms with Crippen molar-refractivity contribution in [2.24, 2.45) is 0 Å². The molecule has 0 bridgehead atoms. The monoisotopic (exact) mass is 260 g/mol. The average Bonchev–Trinajstić information content (AvgIpc) is 2.44. The second-order valence-electron chi connectivity index (χ2n) is 5.84. The number of benzene rings is 1. The van der Waals surface area contributed by atoms with Crippen LogP contribution < -0.4 is 5.32 Å². The Morgan fingerprint density at radius 2 is 2.11 bits per heavy atom. The van der Waals surface area contributed by atoms with Crippen LogP contribution in [-0.2, 0) is 4.74 Å². The van der Waals surface area contributed by atoms with Gasteiger partial charge in [0.1, 0.15) is 0 Å². The summed E-state index contributed by atoms with van der Waals surface area (Å²) in [6, 6.07) is 11.3. The molecule has 1 heterocycles. The molecule has 1 saturated heterocycles. The lowest BCUT2D eigenvalue weighted by molar-refractivity contribution is -0.0997. The van der Waals surface area contributed by atoms with Gasteiger partial charge in [-0.2, -0.15) is 0 Å². The van der Waals surface area contributed by atoms with Gasteiger partial charge in [-0.05, 0) is 24.8 Å². The van der Waals surface area contributed by atoms with E-state index < -0.39 is 0 Å². The third-order valence-corrected chi connectivity index (χ3v) is 4.73. The predicted molar refractivity (Wildman–Crippen MR) is 77.2 cm³/mol. The van der Waals surface area contributed by atoms with Gasteiger partial charge in [0.25, 0.3) is 0 Å². The highest BCUT2D eigenvalue weighted by Crippen LogP contribution is 2.37. The summed E-state index contributed by atoms with van der Waals surface area (Å²) >= 11 is 0. The van der Waals surface area contributed by atoms with Gasteiger partial charge in [-0.1, -0.05) is 30.3 Å². The molecule has 3 nitrogen and oxygen atoms in total. The highest BCUT2D eigenvalue weighted by Gasteiger charge is 2.40. The van der Waals surface area contributed by atoms with Crippen molar-refractivity contribution in [2.45, 2.75) is 30.9 Å². The smallest absolute Gasteiger partial charge is 0.0805 e. The number of nitrogens with zero attached hydrogens (tertiary/aromatic N) is 1. The maximum atomic E-state index is 5.80. The summed E-state index contributed by atoms with van der Waals surface area (Å²) in [6.45, 7) is 4.32. The second kappa shape index (κ2) is 5.61. The zero-order valence-electron chi connectivity index (χ0n) is 11.8. The molecule has 2 fully saturated rings. The molecule has 0 spiro atoms. The molecular formula is C16H24N2O. The van der Waals surface area contributed by atoms with Crippen molar-refractivity contribution < 1.29 is 4.74 Å². The first-order valence-electron chi connectivity index (χ1n) is 7.38. The van der Waals surface area contributed by atoms with Crippen LogP contribution in [0.1, 0.15) is 30.9 Å². The normalized spacial score (nSPS) is 26.9. The van der Waals surface area contributed by atoms with Crippen molar-refractivity contribution >= 4 is 0 Å². The molecule has 0 radical (unpaired) electrons. The molecule has 3 heteroatoms. The summed E-state index contributed by atoms with van der Waals surface area (Å²) in [7, 11) is 1.87. The summed E-state index contributed by atoms with van der Waals surface area (Å²) < 4.78 is 5.80. The maximum Gasteiger partial charge on any atom is 0.0805 e. The standard InChI is InChI=1S/C16H24N2O/c1-19-16(8-5-9-16)13-18-11-10-17-12-15(18)14-6-3-2-4-7-14/h2-4,6-7,15,17H,5,8-13H2,1H3. The van der Waals surface area contributed by atoms with Crippen LogP contribution in [0.15, 0.2) is 30.3 Å². The van der Waals surface area contributed by atoms with Gasteiger partial charge in [-0.3, -0.25) is 4.90 Å². The van der Waals surface area contributed by atoms with E-state index in [9.17, 15) is 0 Å². The Morgan fingerprint density at radius 1 is 1.32 bits per heavy atom. The summed E-state index contributed by atoms with van der Waals surface area (Å²) in [5, 5.41) is 3.52. The molecule has 1 unspecified atom stereocenters. The molecule has 1 aromatic rings. The van der Waals surface area contributed by atoms with E-state index in [1.54, 1.807) is 0 Å². The summed E-state index contributed by atoms with van der Waals surface area (Å²) in [5.74, 6) is 0. The van der Waals surface area contributed by atoms with Crippen LogP contribution in [0.4, 0.5) is 0 Å². The van der Waals surface area contributed by atoms with Gasteiger partial charge in [0, 0.05) is 39.3 Å². The number of rotatable bonds is 4. The van der Waals surface area contributed by atoms with Gasteiger partial charge in [-0.15, -0.1) is 0 Å². The van der Waals surface area contributed by atoms with Crippen LogP contribution in [-0.4, -0.2) is 43.8 Å². The molecule has 1 aliphatic carbocycles. The molecule has 1 atom stereocenters. The van der Waals surface area contributed by atoms with Gasteiger partial charge >= 0.3 is 0 Å². The van der Waals surface area contributed by atoms with Crippen molar-refractivity contribution in [2.75, 3.05) is 33.3 Å². The topological polar surface area (TPSA) is 24.5 Å². The fraction of sp³-hybridized carbons (Fsp3) is 0.625. The van der Waals surface area contributed by atoms with Crippen LogP contribution in [0.3, 0.4) is 0 Å². The van der Waals surface area contributed by atoms with E-state index in [1.807, 2.05) is 7.11 Å². The van der Waals surface area contributed by atoms with Gasteiger partial charge < -0.3 is 10.1 Å². The van der Waals surface area contributed by atoms with E-state index in [0.717, 1.165) is 26.2 Å². The van der Waals surface area contributed by atoms with Crippen molar-refractivity contribution in [3.05, 3.63) is 35.9 Å². The first-order valence-corrected chi connectivity index (χ1v) is 7.38. The van der Waals surface area contributed by atoms with E-state index in [4.69, 9.17) is 4.74 Å². The fourth-order valence-electron chi connectivity index (χ4n) is 3.31. The lowest BCUT2D eigenvalue weighted by atomic mass is 9.79. The summed E-state index contributed by atoms with van der Waals surface area (Å²) in [6.07, 6.45) is 3.75. The van der Waals surface area contributed by atoms with Crippen molar-refractivity contribution in [3.63, 3.8) is 0 Å². The molecule has 1 saturated carbocycles. The quantitative estimate of drug-likeness (QED) is 0.898. The number of piperazine rings is 1. The number of nitrogens with one attached hydrogen (secondary N) is 1. The molecular weight excluding hydrogens is 236 g/mol. The van der Waals surface area contributed by atoms with Crippen LogP contribution in [0.25, 0.3) is 0 Å². The Balaban J connectivity index is 1.74. The van der Waals surface area contributed by atoms with E-state index >= 15 is 0 Å². The lowest BCUT2D eigenvalue weighted by Crippen LogP contribution is -2.55. The Bertz CT molecular complexity index is 397. The minimum Gasteiger partial charge on any atom is -0.377 e. The SMILES string of the molecule is COC1(CN2CCNCC2c2ccccc2)CCC1. The Morgan fingerprint density at radius 3 is 2.74 bits per heavy atom. The maximum absolute atomic E-state index is 5.80. The number of hydrogen-bond donors (Lipinski definition) is 1. The number of ether oxygens (including phenoxy) is 1. The molecule has 1 aliphatic heterocycles. The van der Waals surface area contributed by atoms with Crippen LogP contribution in [0.2, 0.25) is 0 Å². The van der Waals surface area contributed by atoms with Crippen LogP contribution in [0, 0.1) is 0 Å². The lowest BCUT2D eigenvalue weighted by Gasteiger charge is -2.47. The third kappa shape index (κ3) is 2.69. The van der Waals surface area contributed by atoms with Gasteiger partial charge in [0.05, 0.1) is 5.60 Å². The molecule has 3 rings (SSSR count). The molecule has 1 N–H and O–H groups in total. The Hall–Kier alpha value is -0.900. The second-order valence-corrected chi connectivity index (χ2v) is 5.84. The molecule has 1 aromatic carbocycles. The summed E-state index contributed by atoms with van der Waals surface area (Å²) in [5.41, 5.74) is 1.55. The van der Waals surface area contributed by atoms with Crippen LogP contribution >= 0.6 is 0 Å². The molecule has 2 aliphatic rings. The first kappa shape index (κ1) is 13.1. The van der Waals surface area contributed by atoms with Crippen molar-refractivity contribution in [1.82, 2.24) is 10.2 Å². The Kier molecular flexibility index (Phi) is 3.87. The molecule has 19 heavy (non-hydrogen) atoms.